The van der Waals surface area contributed by atoms with Crippen LogP contribution in [0.15, 0.2) is 42.0 Å². The molecule has 1 rings (SSSR count). The fourth-order valence-corrected chi connectivity index (χ4v) is 1.60. The number of benzene rings is 1. The van der Waals surface area contributed by atoms with Gasteiger partial charge in [-0.1, -0.05) is 47.9 Å². The van der Waals surface area contributed by atoms with E-state index in [0.29, 0.717) is 0 Å². The molecule has 0 saturated carbocycles. The first kappa shape index (κ1) is 13.6. The van der Waals surface area contributed by atoms with Crippen LogP contribution in [0, 0.1) is 11.8 Å². The molecule has 0 spiro atoms. The molecule has 0 saturated heterocycles. The molecule has 1 aromatic rings. The fraction of sp³-hybridized carbons (Fsp3) is 0.412. The SMILES string of the molecule is CC(C)=CCC#CCCCCc1ccccc1. The summed E-state index contributed by atoms with van der Waals surface area (Å²) in [5.74, 6) is 6.42. The van der Waals surface area contributed by atoms with Gasteiger partial charge in [0.1, 0.15) is 0 Å². The van der Waals surface area contributed by atoms with Gasteiger partial charge in [0.2, 0.25) is 0 Å². The van der Waals surface area contributed by atoms with E-state index in [1.165, 1.54) is 30.4 Å². The number of rotatable bonds is 5. The molecule has 90 valence electrons. The molecule has 0 bridgehead atoms. The Balaban J connectivity index is 2.07. The normalized spacial score (nSPS) is 9.29. The highest BCUT2D eigenvalue weighted by Gasteiger charge is 1.90. The first-order valence-electron chi connectivity index (χ1n) is 6.42. The average Bonchev–Trinajstić information content (AvgIpc) is 2.33. The van der Waals surface area contributed by atoms with Gasteiger partial charge >= 0.3 is 0 Å². The minimum atomic E-state index is 0.904. The van der Waals surface area contributed by atoms with Gasteiger partial charge in [-0.3, -0.25) is 0 Å². The summed E-state index contributed by atoms with van der Waals surface area (Å²) in [4.78, 5) is 0. The van der Waals surface area contributed by atoms with Gasteiger partial charge in [0.05, 0.1) is 0 Å². The summed E-state index contributed by atoms with van der Waals surface area (Å²) in [6.07, 6.45) is 7.73. The molecule has 0 nitrogen and oxygen atoms in total. The second-order valence-corrected chi connectivity index (χ2v) is 4.53. The van der Waals surface area contributed by atoms with Crippen molar-refractivity contribution in [2.24, 2.45) is 0 Å². The van der Waals surface area contributed by atoms with E-state index in [4.69, 9.17) is 0 Å². The quantitative estimate of drug-likeness (QED) is 0.386. The molecule has 0 fully saturated rings. The van der Waals surface area contributed by atoms with Gasteiger partial charge < -0.3 is 0 Å². The zero-order chi connectivity index (χ0) is 12.3. The summed E-state index contributed by atoms with van der Waals surface area (Å²) in [6, 6.07) is 10.7. The lowest BCUT2D eigenvalue weighted by Crippen LogP contribution is -1.84. The van der Waals surface area contributed by atoms with Crippen molar-refractivity contribution in [1.29, 1.82) is 0 Å². The highest BCUT2D eigenvalue weighted by molar-refractivity contribution is 5.14. The maximum absolute atomic E-state index is 3.23. The van der Waals surface area contributed by atoms with Gasteiger partial charge in [-0.05, 0) is 38.7 Å². The van der Waals surface area contributed by atoms with Gasteiger partial charge in [0.25, 0.3) is 0 Å². The van der Waals surface area contributed by atoms with Crippen molar-refractivity contribution in [3.63, 3.8) is 0 Å². The minimum Gasteiger partial charge on any atom is -0.103 e. The molecule has 0 atom stereocenters. The second-order valence-electron chi connectivity index (χ2n) is 4.53. The minimum absolute atomic E-state index is 0.904. The van der Waals surface area contributed by atoms with Crippen molar-refractivity contribution in [2.75, 3.05) is 0 Å². The van der Waals surface area contributed by atoms with E-state index in [2.05, 4.69) is 62.1 Å². The average molecular weight is 226 g/mol. The van der Waals surface area contributed by atoms with Gasteiger partial charge in [0, 0.05) is 12.8 Å². The summed E-state index contributed by atoms with van der Waals surface area (Å²) in [5, 5.41) is 0. The van der Waals surface area contributed by atoms with E-state index in [1.54, 1.807) is 0 Å². The maximum atomic E-state index is 3.23. The van der Waals surface area contributed by atoms with E-state index in [-0.39, 0.29) is 0 Å². The van der Waals surface area contributed by atoms with E-state index >= 15 is 0 Å². The van der Waals surface area contributed by atoms with Crippen LogP contribution >= 0.6 is 0 Å². The number of aryl methyl sites for hydroxylation is 1. The van der Waals surface area contributed by atoms with Gasteiger partial charge in [-0.15, -0.1) is 5.92 Å². The van der Waals surface area contributed by atoms with E-state index in [0.717, 1.165) is 12.8 Å². The second kappa shape index (κ2) is 8.65. The molecular weight excluding hydrogens is 204 g/mol. The van der Waals surface area contributed by atoms with E-state index < -0.39 is 0 Å². The first-order valence-corrected chi connectivity index (χ1v) is 6.42. The molecule has 1 aromatic carbocycles. The third-order valence-electron chi connectivity index (χ3n) is 2.60. The zero-order valence-corrected chi connectivity index (χ0v) is 11.0. The summed E-state index contributed by atoms with van der Waals surface area (Å²) >= 11 is 0. The Morgan fingerprint density at radius 1 is 1.06 bits per heavy atom. The van der Waals surface area contributed by atoms with Crippen LogP contribution in [0.2, 0.25) is 0 Å². The molecule has 0 aliphatic heterocycles. The lowest BCUT2D eigenvalue weighted by Gasteiger charge is -1.98. The molecule has 0 aromatic heterocycles. The van der Waals surface area contributed by atoms with Crippen molar-refractivity contribution >= 4 is 0 Å². The largest absolute Gasteiger partial charge is 0.103 e. The summed E-state index contributed by atoms with van der Waals surface area (Å²) in [7, 11) is 0. The van der Waals surface area contributed by atoms with Crippen LogP contribution in [0.3, 0.4) is 0 Å². The van der Waals surface area contributed by atoms with E-state index in [9.17, 15) is 0 Å². The molecule has 0 N–H and O–H groups in total. The Labute approximate surface area is 106 Å². The summed E-state index contributed by atoms with van der Waals surface area (Å²) in [6.45, 7) is 4.23. The topological polar surface area (TPSA) is 0 Å². The highest BCUT2D eigenvalue weighted by Crippen LogP contribution is 2.05. The van der Waals surface area contributed by atoms with Crippen LogP contribution in [0.4, 0.5) is 0 Å². The van der Waals surface area contributed by atoms with E-state index in [1.807, 2.05) is 0 Å². The molecule has 0 amide bonds. The Bertz CT molecular complexity index is 383. The fourth-order valence-electron chi connectivity index (χ4n) is 1.60. The van der Waals surface area contributed by atoms with Crippen molar-refractivity contribution in [1.82, 2.24) is 0 Å². The molecule has 0 aliphatic carbocycles. The monoisotopic (exact) mass is 226 g/mol. The van der Waals surface area contributed by atoms with Crippen LogP contribution in [-0.2, 0) is 6.42 Å². The standard InChI is InChI=1S/C17H22/c1-16(2)12-8-5-3-4-6-9-13-17-14-10-7-11-15-17/h7,10-12,14-15H,4,6,8-9,13H2,1-2H3. The zero-order valence-electron chi connectivity index (χ0n) is 11.0. The Morgan fingerprint density at radius 3 is 2.53 bits per heavy atom. The maximum Gasteiger partial charge on any atom is 0.0272 e. The molecule has 0 heterocycles. The Hall–Kier alpha value is -1.48. The predicted octanol–water partition coefficient (Wildman–Crippen LogP) is 4.76. The molecule has 17 heavy (non-hydrogen) atoms. The molecule has 0 heteroatoms. The third-order valence-corrected chi connectivity index (χ3v) is 2.60. The first-order chi connectivity index (χ1) is 8.29. The van der Waals surface area contributed by atoms with Gasteiger partial charge in [0.15, 0.2) is 0 Å². The van der Waals surface area contributed by atoms with Crippen molar-refractivity contribution in [2.45, 2.75) is 46.0 Å². The lowest BCUT2D eigenvalue weighted by atomic mass is 10.1. The van der Waals surface area contributed by atoms with Crippen molar-refractivity contribution < 1.29 is 0 Å². The van der Waals surface area contributed by atoms with Crippen LogP contribution in [0.5, 0.6) is 0 Å². The number of allylic oxidation sites excluding steroid dienone is 2. The van der Waals surface area contributed by atoms with Crippen LogP contribution < -0.4 is 0 Å². The Kier molecular flexibility index (Phi) is 6.91. The van der Waals surface area contributed by atoms with Gasteiger partial charge in [-0.25, -0.2) is 0 Å². The highest BCUT2D eigenvalue weighted by atomic mass is 14.0. The smallest absolute Gasteiger partial charge is 0.0272 e. The predicted molar refractivity (Wildman–Crippen MR) is 75.8 cm³/mol. The third kappa shape index (κ3) is 7.41. The molecule has 0 aliphatic rings. The van der Waals surface area contributed by atoms with Gasteiger partial charge in [-0.2, -0.15) is 0 Å². The molecular formula is C17H22. The number of hydrogen-bond donors (Lipinski definition) is 0. The summed E-state index contributed by atoms with van der Waals surface area (Å²) < 4.78 is 0. The number of unbranched alkanes of at least 4 members (excludes halogenated alkanes) is 2. The van der Waals surface area contributed by atoms with Crippen molar-refractivity contribution in [3.8, 4) is 11.8 Å². The van der Waals surface area contributed by atoms with Crippen LogP contribution in [0.1, 0.15) is 45.1 Å². The molecule has 0 unspecified atom stereocenters. The lowest BCUT2D eigenvalue weighted by molar-refractivity contribution is 0.756. The Morgan fingerprint density at radius 2 is 1.82 bits per heavy atom. The van der Waals surface area contributed by atoms with Crippen LogP contribution in [0.25, 0.3) is 0 Å². The van der Waals surface area contributed by atoms with Crippen LogP contribution in [-0.4, -0.2) is 0 Å². The summed E-state index contributed by atoms with van der Waals surface area (Å²) in [5.41, 5.74) is 2.79. The van der Waals surface area contributed by atoms with Crippen molar-refractivity contribution in [3.05, 3.63) is 47.5 Å². The molecule has 0 radical (unpaired) electrons. The number of hydrogen-bond acceptors (Lipinski definition) is 0.